The predicted molar refractivity (Wildman–Crippen MR) is 116 cm³/mol. The Labute approximate surface area is 175 Å². The number of nitrogens with zero attached hydrogens (tertiary/aromatic N) is 4. The first-order valence-corrected chi connectivity index (χ1v) is 10.5. The summed E-state index contributed by atoms with van der Waals surface area (Å²) in [5, 5.41) is 9.38. The molecular formula is C22H26N4O2S. The smallest absolute Gasteiger partial charge is 0.192 e. The SMILES string of the molecule is COCCn1c(SCC(=O)c2cc(C)c(C)c(C)c2C)nnc1-c1ccncc1. The van der Waals surface area contributed by atoms with Crippen molar-refractivity contribution in [1.82, 2.24) is 19.7 Å². The third-order valence-corrected chi connectivity index (χ3v) is 6.26. The van der Waals surface area contributed by atoms with Crippen LogP contribution < -0.4 is 0 Å². The molecule has 0 saturated carbocycles. The molecule has 0 radical (unpaired) electrons. The normalized spacial score (nSPS) is 11.1. The number of carbonyl (C=O) groups is 1. The van der Waals surface area contributed by atoms with E-state index in [1.165, 1.54) is 22.9 Å². The van der Waals surface area contributed by atoms with Crippen molar-refractivity contribution in [2.45, 2.75) is 39.4 Å². The van der Waals surface area contributed by atoms with Crippen LogP contribution in [0.25, 0.3) is 11.4 Å². The van der Waals surface area contributed by atoms with Crippen LogP contribution in [-0.2, 0) is 11.3 Å². The van der Waals surface area contributed by atoms with Crippen molar-refractivity contribution in [3.8, 4) is 11.4 Å². The van der Waals surface area contributed by atoms with Crippen LogP contribution in [0, 0.1) is 27.7 Å². The summed E-state index contributed by atoms with van der Waals surface area (Å²) in [6, 6.07) is 5.79. The Kier molecular flexibility index (Phi) is 6.82. The number of aromatic nitrogens is 4. The number of aryl methyl sites for hydroxylation is 1. The lowest BCUT2D eigenvalue weighted by molar-refractivity contribution is 0.102. The maximum Gasteiger partial charge on any atom is 0.192 e. The van der Waals surface area contributed by atoms with E-state index in [1.807, 2.05) is 36.6 Å². The minimum atomic E-state index is 0.102. The molecule has 29 heavy (non-hydrogen) atoms. The monoisotopic (exact) mass is 410 g/mol. The molecule has 152 valence electrons. The summed E-state index contributed by atoms with van der Waals surface area (Å²) < 4.78 is 7.24. The Bertz CT molecular complexity index is 1020. The molecule has 0 fully saturated rings. The Balaban J connectivity index is 1.84. The van der Waals surface area contributed by atoms with E-state index in [0.717, 1.165) is 28.1 Å². The number of thioether (sulfide) groups is 1. The number of hydrogen-bond donors (Lipinski definition) is 0. The molecule has 3 aromatic rings. The topological polar surface area (TPSA) is 69.9 Å². The fourth-order valence-corrected chi connectivity index (χ4v) is 4.05. The number of benzene rings is 1. The van der Waals surface area contributed by atoms with E-state index in [2.05, 4.69) is 29.0 Å². The van der Waals surface area contributed by atoms with Crippen LogP contribution >= 0.6 is 11.8 Å². The van der Waals surface area contributed by atoms with E-state index in [-0.39, 0.29) is 5.78 Å². The highest BCUT2D eigenvalue weighted by Gasteiger charge is 2.18. The zero-order valence-corrected chi connectivity index (χ0v) is 18.3. The largest absolute Gasteiger partial charge is 0.383 e. The van der Waals surface area contributed by atoms with Gasteiger partial charge in [0.25, 0.3) is 0 Å². The fraction of sp³-hybridized carbons (Fsp3) is 0.364. The summed E-state index contributed by atoms with van der Waals surface area (Å²) >= 11 is 1.41. The van der Waals surface area contributed by atoms with Crippen LogP contribution in [0.1, 0.15) is 32.6 Å². The molecule has 0 unspecified atom stereocenters. The van der Waals surface area contributed by atoms with Gasteiger partial charge in [-0.1, -0.05) is 11.8 Å². The lowest BCUT2D eigenvalue weighted by Crippen LogP contribution is -2.11. The van der Waals surface area contributed by atoms with E-state index in [4.69, 9.17) is 4.74 Å². The van der Waals surface area contributed by atoms with Gasteiger partial charge in [0.15, 0.2) is 16.8 Å². The maximum atomic E-state index is 12.9. The molecule has 2 aromatic heterocycles. The van der Waals surface area contributed by atoms with Gasteiger partial charge in [-0.05, 0) is 68.1 Å². The zero-order valence-electron chi connectivity index (χ0n) is 17.5. The highest BCUT2D eigenvalue weighted by molar-refractivity contribution is 7.99. The van der Waals surface area contributed by atoms with Crippen molar-refractivity contribution < 1.29 is 9.53 Å². The molecule has 0 bridgehead atoms. The molecule has 2 heterocycles. The first-order valence-electron chi connectivity index (χ1n) is 9.50. The number of methoxy groups -OCH3 is 1. The fourth-order valence-electron chi connectivity index (χ4n) is 3.20. The Hall–Kier alpha value is -2.51. The Morgan fingerprint density at radius 3 is 2.48 bits per heavy atom. The molecule has 0 aliphatic carbocycles. The highest BCUT2D eigenvalue weighted by Crippen LogP contribution is 2.26. The van der Waals surface area contributed by atoms with E-state index in [9.17, 15) is 4.79 Å². The predicted octanol–water partition coefficient (Wildman–Crippen LogP) is 4.20. The van der Waals surface area contributed by atoms with Gasteiger partial charge >= 0.3 is 0 Å². The molecule has 0 saturated heterocycles. The van der Waals surface area contributed by atoms with Crippen molar-refractivity contribution >= 4 is 17.5 Å². The first-order chi connectivity index (χ1) is 13.9. The Morgan fingerprint density at radius 1 is 1.07 bits per heavy atom. The van der Waals surface area contributed by atoms with Gasteiger partial charge in [0.1, 0.15) is 0 Å². The summed E-state index contributed by atoms with van der Waals surface area (Å²) in [5.74, 6) is 1.16. The average Bonchev–Trinajstić information content (AvgIpc) is 3.14. The zero-order chi connectivity index (χ0) is 21.0. The van der Waals surface area contributed by atoms with E-state index in [0.29, 0.717) is 24.1 Å². The molecule has 0 spiro atoms. The van der Waals surface area contributed by atoms with E-state index >= 15 is 0 Å². The minimum absolute atomic E-state index is 0.102. The number of hydrogen-bond acceptors (Lipinski definition) is 6. The van der Waals surface area contributed by atoms with Crippen LogP contribution in [-0.4, -0.2) is 45.0 Å². The maximum absolute atomic E-state index is 12.9. The second-order valence-electron chi connectivity index (χ2n) is 7.01. The second-order valence-corrected chi connectivity index (χ2v) is 7.96. The molecule has 0 aliphatic heterocycles. The summed E-state index contributed by atoms with van der Waals surface area (Å²) in [6.45, 7) is 9.38. The van der Waals surface area contributed by atoms with E-state index in [1.54, 1.807) is 19.5 Å². The second kappa shape index (κ2) is 9.33. The number of rotatable bonds is 8. The standard InChI is InChI=1S/C22H26N4O2S/c1-14-12-19(17(4)16(3)15(14)2)20(27)13-29-22-25-24-21(26(22)10-11-28-5)18-6-8-23-9-7-18/h6-9,12H,10-11,13H2,1-5H3. The van der Waals surface area contributed by atoms with Crippen molar-refractivity contribution in [2.75, 3.05) is 19.5 Å². The van der Waals surface area contributed by atoms with Gasteiger partial charge in [-0.15, -0.1) is 10.2 Å². The summed E-state index contributed by atoms with van der Waals surface area (Å²) in [6.07, 6.45) is 3.46. The van der Waals surface area contributed by atoms with E-state index < -0.39 is 0 Å². The molecular weight excluding hydrogens is 384 g/mol. The van der Waals surface area contributed by atoms with Crippen LogP contribution in [0.15, 0.2) is 35.7 Å². The van der Waals surface area contributed by atoms with Gasteiger partial charge in [0.2, 0.25) is 0 Å². The lowest BCUT2D eigenvalue weighted by atomic mass is 9.93. The van der Waals surface area contributed by atoms with Gasteiger partial charge in [-0.3, -0.25) is 14.3 Å². The molecule has 7 heteroatoms. The number of ether oxygens (including phenoxy) is 1. The third kappa shape index (κ3) is 4.57. The van der Waals surface area contributed by atoms with Crippen molar-refractivity contribution in [2.24, 2.45) is 0 Å². The quantitative estimate of drug-likeness (QED) is 0.410. The Morgan fingerprint density at radius 2 is 1.79 bits per heavy atom. The van der Waals surface area contributed by atoms with Gasteiger partial charge in [-0.2, -0.15) is 0 Å². The van der Waals surface area contributed by atoms with Crippen LogP contribution in [0.4, 0.5) is 0 Å². The van der Waals surface area contributed by atoms with Crippen molar-refractivity contribution in [1.29, 1.82) is 0 Å². The van der Waals surface area contributed by atoms with Gasteiger partial charge in [0.05, 0.1) is 18.9 Å². The van der Waals surface area contributed by atoms with Crippen LogP contribution in [0.2, 0.25) is 0 Å². The van der Waals surface area contributed by atoms with Gasteiger partial charge in [-0.25, -0.2) is 0 Å². The highest BCUT2D eigenvalue weighted by atomic mass is 32.2. The summed E-state index contributed by atoms with van der Waals surface area (Å²) in [5.41, 5.74) is 6.34. The number of Topliss-reactive ketones (excluding diaryl/α,β-unsaturated/α-hetero) is 1. The molecule has 3 rings (SSSR count). The number of ketones is 1. The average molecular weight is 411 g/mol. The van der Waals surface area contributed by atoms with Crippen LogP contribution in [0.5, 0.6) is 0 Å². The lowest BCUT2D eigenvalue weighted by Gasteiger charge is -2.13. The molecule has 0 atom stereocenters. The van der Waals surface area contributed by atoms with Crippen molar-refractivity contribution in [3.05, 3.63) is 58.4 Å². The minimum Gasteiger partial charge on any atom is -0.383 e. The van der Waals surface area contributed by atoms with Crippen LogP contribution in [0.3, 0.4) is 0 Å². The molecule has 0 aliphatic rings. The molecule has 0 N–H and O–H groups in total. The van der Waals surface area contributed by atoms with Crippen molar-refractivity contribution in [3.63, 3.8) is 0 Å². The molecule has 1 aromatic carbocycles. The van der Waals surface area contributed by atoms with Gasteiger partial charge in [0, 0.05) is 30.6 Å². The molecule has 0 amide bonds. The molecule has 6 nitrogen and oxygen atoms in total. The summed E-state index contributed by atoms with van der Waals surface area (Å²) in [7, 11) is 1.66. The first kappa shape index (κ1) is 21.2. The van der Waals surface area contributed by atoms with Gasteiger partial charge < -0.3 is 4.74 Å². The number of carbonyl (C=O) groups excluding carboxylic acids is 1. The number of pyridine rings is 1. The third-order valence-electron chi connectivity index (χ3n) is 5.29. The summed E-state index contributed by atoms with van der Waals surface area (Å²) in [4.78, 5) is 17.0.